The minimum atomic E-state index is 0.310. The lowest BCUT2D eigenvalue weighted by molar-refractivity contribution is 0.174. The predicted octanol–water partition coefficient (Wildman–Crippen LogP) is 3.38. The first-order valence-electron chi connectivity index (χ1n) is 7.46. The molecule has 3 heteroatoms. The van der Waals surface area contributed by atoms with Gasteiger partial charge in [-0.05, 0) is 63.4 Å². The third kappa shape index (κ3) is 4.13. The van der Waals surface area contributed by atoms with E-state index in [1.54, 1.807) is 0 Å². The number of nitrogens with one attached hydrogen (secondary N) is 1. The van der Waals surface area contributed by atoms with Crippen LogP contribution in [-0.4, -0.2) is 25.3 Å². The quantitative estimate of drug-likeness (QED) is 0.818. The van der Waals surface area contributed by atoms with Gasteiger partial charge in [0.15, 0.2) is 0 Å². The standard InChI is InChI=1S/C16H25NO2/c1-3-12-17-15-6-5-7-16(15)19-14-10-8-13(9-11-14)18-4-2/h8-11,15-17H,3-7,12H2,1-2H3. The van der Waals surface area contributed by atoms with Gasteiger partial charge in [0.25, 0.3) is 0 Å². The molecule has 106 valence electrons. The van der Waals surface area contributed by atoms with Crippen molar-refractivity contribution in [1.82, 2.24) is 5.32 Å². The molecule has 0 aromatic heterocycles. The number of rotatable bonds is 7. The molecule has 0 spiro atoms. The van der Waals surface area contributed by atoms with Gasteiger partial charge in [0.2, 0.25) is 0 Å². The Balaban J connectivity index is 1.88. The minimum Gasteiger partial charge on any atom is -0.494 e. The van der Waals surface area contributed by atoms with Crippen LogP contribution in [0.1, 0.15) is 39.5 Å². The van der Waals surface area contributed by atoms with E-state index < -0.39 is 0 Å². The molecule has 1 N–H and O–H groups in total. The topological polar surface area (TPSA) is 30.5 Å². The second kappa shape index (κ2) is 7.39. The molecule has 0 saturated heterocycles. The normalized spacial score (nSPS) is 22.4. The molecule has 1 saturated carbocycles. The monoisotopic (exact) mass is 263 g/mol. The van der Waals surface area contributed by atoms with Crippen LogP contribution in [0.15, 0.2) is 24.3 Å². The van der Waals surface area contributed by atoms with Crippen molar-refractivity contribution in [2.24, 2.45) is 0 Å². The van der Waals surface area contributed by atoms with Crippen LogP contribution in [0.2, 0.25) is 0 Å². The van der Waals surface area contributed by atoms with Crippen molar-refractivity contribution >= 4 is 0 Å². The van der Waals surface area contributed by atoms with Gasteiger partial charge in [-0.2, -0.15) is 0 Å². The summed E-state index contributed by atoms with van der Waals surface area (Å²) in [5.74, 6) is 1.85. The molecule has 0 heterocycles. The number of hydrogen-bond acceptors (Lipinski definition) is 3. The molecule has 0 radical (unpaired) electrons. The van der Waals surface area contributed by atoms with Crippen molar-refractivity contribution in [3.63, 3.8) is 0 Å². The summed E-state index contributed by atoms with van der Waals surface area (Å²) in [5.41, 5.74) is 0. The minimum absolute atomic E-state index is 0.310. The molecule has 3 nitrogen and oxygen atoms in total. The van der Waals surface area contributed by atoms with Gasteiger partial charge in [0, 0.05) is 6.04 Å². The largest absolute Gasteiger partial charge is 0.494 e. The van der Waals surface area contributed by atoms with Crippen molar-refractivity contribution in [3.05, 3.63) is 24.3 Å². The molecule has 1 fully saturated rings. The summed E-state index contributed by atoms with van der Waals surface area (Å²) in [4.78, 5) is 0. The van der Waals surface area contributed by atoms with Gasteiger partial charge in [-0.25, -0.2) is 0 Å². The Morgan fingerprint density at radius 1 is 1.11 bits per heavy atom. The van der Waals surface area contributed by atoms with Gasteiger partial charge in [0.05, 0.1) is 6.61 Å². The molecule has 2 rings (SSSR count). The Morgan fingerprint density at radius 3 is 2.53 bits per heavy atom. The van der Waals surface area contributed by atoms with E-state index in [4.69, 9.17) is 9.47 Å². The fraction of sp³-hybridized carbons (Fsp3) is 0.625. The van der Waals surface area contributed by atoms with E-state index in [9.17, 15) is 0 Å². The molecular formula is C16H25NO2. The lowest BCUT2D eigenvalue weighted by Gasteiger charge is -2.22. The smallest absolute Gasteiger partial charge is 0.120 e. The molecule has 2 unspecified atom stereocenters. The van der Waals surface area contributed by atoms with Crippen LogP contribution in [0.5, 0.6) is 11.5 Å². The molecule has 1 aromatic rings. The molecule has 0 aliphatic heterocycles. The van der Waals surface area contributed by atoms with E-state index in [0.29, 0.717) is 18.8 Å². The summed E-state index contributed by atoms with van der Waals surface area (Å²) in [6, 6.07) is 8.46. The van der Waals surface area contributed by atoms with E-state index in [0.717, 1.165) is 24.5 Å². The second-order valence-electron chi connectivity index (χ2n) is 5.05. The van der Waals surface area contributed by atoms with Crippen LogP contribution in [0, 0.1) is 0 Å². The van der Waals surface area contributed by atoms with E-state index >= 15 is 0 Å². The van der Waals surface area contributed by atoms with E-state index in [1.807, 2.05) is 31.2 Å². The van der Waals surface area contributed by atoms with Crippen LogP contribution in [-0.2, 0) is 0 Å². The Labute approximate surface area is 116 Å². The van der Waals surface area contributed by atoms with Gasteiger partial charge in [-0.1, -0.05) is 6.92 Å². The summed E-state index contributed by atoms with van der Waals surface area (Å²) < 4.78 is 11.5. The van der Waals surface area contributed by atoms with Crippen molar-refractivity contribution in [2.45, 2.75) is 51.7 Å². The van der Waals surface area contributed by atoms with E-state index in [1.165, 1.54) is 19.3 Å². The average molecular weight is 263 g/mol. The molecule has 0 bridgehead atoms. The number of hydrogen-bond donors (Lipinski definition) is 1. The van der Waals surface area contributed by atoms with Crippen molar-refractivity contribution in [2.75, 3.05) is 13.2 Å². The summed E-state index contributed by atoms with van der Waals surface area (Å²) in [5, 5.41) is 3.58. The summed E-state index contributed by atoms with van der Waals surface area (Å²) in [6.07, 6.45) is 5.11. The zero-order valence-electron chi connectivity index (χ0n) is 12.0. The maximum atomic E-state index is 6.10. The van der Waals surface area contributed by atoms with Crippen LogP contribution in [0.3, 0.4) is 0 Å². The van der Waals surface area contributed by atoms with Crippen LogP contribution in [0.25, 0.3) is 0 Å². The first kappa shape index (κ1) is 14.2. The van der Waals surface area contributed by atoms with Gasteiger partial charge < -0.3 is 14.8 Å². The molecule has 1 aliphatic carbocycles. The highest BCUT2D eigenvalue weighted by molar-refractivity contribution is 5.31. The van der Waals surface area contributed by atoms with Gasteiger partial charge in [-0.3, -0.25) is 0 Å². The number of ether oxygens (including phenoxy) is 2. The molecular weight excluding hydrogens is 238 g/mol. The summed E-state index contributed by atoms with van der Waals surface area (Å²) in [6.45, 7) is 5.97. The summed E-state index contributed by atoms with van der Waals surface area (Å²) >= 11 is 0. The summed E-state index contributed by atoms with van der Waals surface area (Å²) in [7, 11) is 0. The lowest BCUT2D eigenvalue weighted by atomic mass is 10.2. The van der Waals surface area contributed by atoms with Gasteiger partial charge in [-0.15, -0.1) is 0 Å². The highest BCUT2D eigenvalue weighted by Crippen LogP contribution is 2.26. The third-order valence-electron chi connectivity index (χ3n) is 3.53. The Hall–Kier alpha value is -1.22. The second-order valence-corrected chi connectivity index (χ2v) is 5.05. The van der Waals surface area contributed by atoms with E-state index in [2.05, 4.69) is 12.2 Å². The first-order chi connectivity index (χ1) is 9.33. The predicted molar refractivity (Wildman–Crippen MR) is 78.0 cm³/mol. The van der Waals surface area contributed by atoms with Crippen LogP contribution in [0.4, 0.5) is 0 Å². The van der Waals surface area contributed by atoms with Crippen LogP contribution >= 0.6 is 0 Å². The maximum Gasteiger partial charge on any atom is 0.120 e. The Kier molecular flexibility index (Phi) is 5.52. The fourth-order valence-corrected chi connectivity index (χ4v) is 2.59. The Bertz CT molecular complexity index is 364. The Morgan fingerprint density at radius 2 is 1.84 bits per heavy atom. The van der Waals surface area contributed by atoms with Crippen molar-refractivity contribution < 1.29 is 9.47 Å². The zero-order chi connectivity index (χ0) is 13.5. The van der Waals surface area contributed by atoms with Gasteiger partial charge >= 0.3 is 0 Å². The fourth-order valence-electron chi connectivity index (χ4n) is 2.59. The molecule has 2 atom stereocenters. The lowest BCUT2D eigenvalue weighted by Crippen LogP contribution is -2.39. The molecule has 0 amide bonds. The molecule has 1 aliphatic rings. The third-order valence-corrected chi connectivity index (χ3v) is 3.53. The maximum absolute atomic E-state index is 6.10. The van der Waals surface area contributed by atoms with Crippen molar-refractivity contribution in [3.8, 4) is 11.5 Å². The van der Waals surface area contributed by atoms with E-state index in [-0.39, 0.29) is 0 Å². The number of benzene rings is 1. The van der Waals surface area contributed by atoms with Crippen molar-refractivity contribution in [1.29, 1.82) is 0 Å². The SMILES string of the molecule is CCCNC1CCCC1Oc1ccc(OCC)cc1. The highest BCUT2D eigenvalue weighted by atomic mass is 16.5. The zero-order valence-corrected chi connectivity index (χ0v) is 12.0. The average Bonchev–Trinajstić information content (AvgIpc) is 2.86. The highest BCUT2D eigenvalue weighted by Gasteiger charge is 2.28. The van der Waals surface area contributed by atoms with Gasteiger partial charge in [0.1, 0.15) is 17.6 Å². The molecule has 1 aromatic carbocycles. The van der Waals surface area contributed by atoms with Crippen LogP contribution < -0.4 is 14.8 Å². The first-order valence-corrected chi connectivity index (χ1v) is 7.46. The molecule has 19 heavy (non-hydrogen) atoms.